The number of phenolic OH excluding ortho intramolecular Hbond substituents is 1. The number of hydrogen-bond donors (Lipinski definition) is 2. The summed E-state index contributed by atoms with van der Waals surface area (Å²) in [6.45, 7) is 0.424. The molecule has 1 heterocycles. The van der Waals surface area contributed by atoms with Crippen LogP contribution in [0.25, 0.3) is 11.3 Å². The molecule has 3 aromatic carbocycles. The number of H-pyrrole nitrogens is 1. The van der Waals surface area contributed by atoms with Crippen molar-refractivity contribution in [2.75, 3.05) is 7.11 Å². The molecule has 0 bridgehead atoms. The Hall–Kier alpha value is -3.93. The van der Waals surface area contributed by atoms with Gasteiger partial charge in [0.05, 0.1) is 13.3 Å². The highest BCUT2D eigenvalue weighted by Crippen LogP contribution is 2.38. The largest absolute Gasteiger partial charge is 0.507 e. The Kier molecular flexibility index (Phi) is 5.33. The molecule has 0 fully saturated rings. The van der Waals surface area contributed by atoms with Gasteiger partial charge < -0.3 is 19.3 Å². The van der Waals surface area contributed by atoms with E-state index in [4.69, 9.17) is 14.2 Å². The minimum Gasteiger partial charge on any atom is -0.507 e. The molecule has 146 valence electrons. The molecule has 6 nitrogen and oxygen atoms in total. The lowest BCUT2D eigenvalue weighted by Gasteiger charge is -2.11. The average molecular weight is 388 g/mol. The van der Waals surface area contributed by atoms with Crippen molar-refractivity contribution in [2.24, 2.45) is 0 Å². The van der Waals surface area contributed by atoms with Gasteiger partial charge in [-0.3, -0.25) is 5.10 Å². The molecule has 0 radical (unpaired) electrons. The molecule has 0 saturated heterocycles. The second-order valence-corrected chi connectivity index (χ2v) is 6.34. The fourth-order valence-electron chi connectivity index (χ4n) is 2.89. The number of aromatic nitrogens is 2. The van der Waals surface area contributed by atoms with E-state index in [2.05, 4.69) is 10.2 Å². The highest BCUT2D eigenvalue weighted by atomic mass is 16.5. The van der Waals surface area contributed by atoms with Gasteiger partial charge in [0.25, 0.3) is 0 Å². The van der Waals surface area contributed by atoms with Crippen LogP contribution in [0.3, 0.4) is 0 Å². The normalized spacial score (nSPS) is 10.5. The van der Waals surface area contributed by atoms with Gasteiger partial charge in [-0.25, -0.2) is 0 Å². The van der Waals surface area contributed by atoms with Gasteiger partial charge >= 0.3 is 0 Å². The first-order valence-electron chi connectivity index (χ1n) is 9.08. The van der Waals surface area contributed by atoms with Crippen molar-refractivity contribution in [3.8, 4) is 40.0 Å². The summed E-state index contributed by atoms with van der Waals surface area (Å²) in [5, 5.41) is 17.5. The zero-order valence-corrected chi connectivity index (χ0v) is 15.8. The molecular weight excluding hydrogens is 368 g/mol. The van der Waals surface area contributed by atoms with Crippen LogP contribution in [-0.2, 0) is 6.61 Å². The van der Waals surface area contributed by atoms with Crippen molar-refractivity contribution in [1.29, 1.82) is 0 Å². The Morgan fingerprint density at radius 1 is 0.897 bits per heavy atom. The van der Waals surface area contributed by atoms with Crippen LogP contribution in [-0.4, -0.2) is 22.4 Å². The fraction of sp³-hybridized carbons (Fsp3) is 0.0870. The number of methoxy groups -OCH3 is 1. The number of rotatable bonds is 7. The molecular formula is C23H20N2O4. The lowest BCUT2D eigenvalue weighted by molar-refractivity contribution is 0.304. The van der Waals surface area contributed by atoms with E-state index in [1.54, 1.807) is 37.6 Å². The van der Waals surface area contributed by atoms with Gasteiger partial charge in [-0.15, -0.1) is 0 Å². The number of ether oxygens (including phenoxy) is 3. The van der Waals surface area contributed by atoms with Crippen LogP contribution in [0.1, 0.15) is 5.56 Å². The number of phenols is 1. The number of benzene rings is 3. The molecule has 0 aliphatic carbocycles. The van der Waals surface area contributed by atoms with Crippen molar-refractivity contribution in [3.63, 3.8) is 0 Å². The second-order valence-electron chi connectivity index (χ2n) is 6.34. The Balaban J connectivity index is 1.52. The summed E-state index contributed by atoms with van der Waals surface area (Å²) in [6.07, 6.45) is 1.56. The van der Waals surface area contributed by atoms with Gasteiger partial charge in [-0.05, 0) is 29.8 Å². The van der Waals surface area contributed by atoms with Crippen LogP contribution in [0.5, 0.6) is 28.7 Å². The molecule has 0 spiro atoms. The van der Waals surface area contributed by atoms with Crippen molar-refractivity contribution < 1.29 is 19.3 Å². The summed E-state index contributed by atoms with van der Waals surface area (Å²) in [4.78, 5) is 0. The van der Waals surface area contributed by atoms with E-state index in [1.807, 2.05) is 48.5 Å². The highest BCUT2D eigenvalue weighted by Gasteiger charge is 2.15. The monoisotopic (exact) mass is 388 g/mol. The summed E-state index contributed by atoms with van der Waals surface area (Å²) in [7, 11) is 1.60. The minimum absolute atomic E-state index is 0.0651. The van der Waals surface area contributed by atoms with Crippen LogP contribution in [0, 0.1) is 0 Å². The first-order chi connectivity index (χ1) is 14.2. The molecule has 0 aliphatic rings. The lowest BCUT2D eigenvalue weighted by Crippen LogP contribution is -1.95. The van der Waals surface area contributed by atoms with Gasteiger partial charge in [0.2, 0.25) is 0 Å². The lowest BCUT2D eigenvalue weighted by atomic mass is 10.1. The van der Waals surface area contributed by atoms with Gasteiger partial charge in [-0.2, -0.15) is 5.10 Å². The standard InChI is InChI=1S/C23H20N2O4/c1-27-17-8-5-9-19(12-17)29-22-14-24-25-23(22)20-11-10-18(13-21(20)26)28-15-16-6-3-2-4-7-16/h2-14,26H,15H2,1H3,(H,24,25). The topological polar surface area (TPSA) is 76.6 Å². The van der Waals surface area contributed by atoms with Crippen LogP contribution in [0.2, 0.25) is 0 Å². The van der Waals surface area contributed by atoms with E-state index in [-0.39, 0.29) is 5.75 Å². The smallest absolute Gasteiger partial charge is 0.173 e. The zero-order chi connectivity index (χ0) is 20.1. The Labute approximate surface area is 168 Å². The number of aromatic amines is 1. The van der Waals surface area contributed by atoms with Crippen LogP contribution < -0.4 is 14.2 Å². The fourth-order valence-corrected chi connectivity index (χ4v) is 2.89. The van der Waals surface area contributed by atoms with E-state index in [1.165, 1.54) is 0 Å². The Bertz CT molecular complexity index is 1090. The van der Waals surface area contributed by atoms with Gasteiger partial charge in [0.1, 0.15) is 35.3 Å². The average Bonchev–Trinajstić information content (AvgIpc) is 3.21. The molecule has 0 unspecified atom stereocenters. The summed E-state index contributed by atoms with van der Waals surface area (Å²) in [5.41, 5.74) is 2.19. The van der Waals surface area contributed by atoms with Crippen LogP contribution in [0.15, 0.2) is 79.0 Å². The summed E-state index contributed by atoms with van der Waals surface area (Å²) in [6, 6.07) is 22.3. The third-order valence-electron chi connectivity index (χ3n) is 4.36. The van der Waals surface area contributed by atoms with Gasteiger partial charge in [-0.1, -0.05) is 36.4 Å². The number of aromatic hydroxyl groups is 1. The maximum absolute atomic E-state index is 10.5. The van der Waals surface area contributed by atoms with E-state index in [0.29, 0.717) is 40.9 Å². The maximum Gasteiger partial charge on any atom is 0.173 e. The Morgan fingerprint density at radius 3 is 2.52 bits per heavy atom. The third-order valence-corrected chi connectivity index (χ3v) is 4.36. The summed E-state index contributed by atoms with van der Waals surface area (Å²) < 4.78 is 16.9. The molecule has 29 heavy (non-hydrogen) atoms. The summed E-state index contributed by atoms with van der Waals surface area (Å²) in [5.74, 6) is 2.43. The number of hydrogen-bond acceptors (Lipinski definition) is 5. The molecule has 1 aromatic heterocycles. The molecule has 0 amide bonds. The maximum atomic E-state index is 10.5. The third kappa shape index (κ3) is 4.32. The van der Waals surface area contributed by atoms with E-state index < -0.39 is 0 Å². The quantitative estimate of drug-likeness (QED) is 0.457. The van der Waals surface area contributed by atoms with Crippen LogP contribution >= 0.6 is 0 Å². The zero-order valence-electron chi connectivity index (χ0n) is 15.8. The van der Waals surface area contributed by atoms with Gasteiger partial charge in [0.15, 0.2) is 5.75 Å². The first-order valence-corrected chi connectivity index (χ1v) is 9.08. The van der Waals surface area contributed by atoms with Crippen LogP contribution in [0.4, 0.5) is 0 Å². The summed E-state index contributed by atoms with van der Waals surface area (Å²) >= 11 is 0. The predicted octanol–water partition coefficient (Wildman–Crippen LogP) is 5.16. The van der Waals surface area contributed by atoms with E-state index in [0.717, 1.165) is 5.56 Å². The molecule has 4 rings (SSSR count). The molecule has 0 saturated carbocycles. The van der Waals surface area contributed by atoms with Crippen molar-refractivity contribution in [3.05, 3.63) is 84.6 Å². The number of nitrogens with one attached hydrogen (secondary N) is 1. The van der Waals surface area contributed by atoms with E-state index >= 15 is 0 Å². The molecule has 6 heteroatoms. The number of nitrogens with zero attached hydrogens (tertiary/aromatic N) is 1. The molecule has 2 N–H and O–H groups in total. The first kappa shape index (κ1) is 18.4. The predicted molar refractivity (Wildman–Crippen MR) is 110 cm³/mol. The highest BCUT2D eigenvalue weighted by molar-refractivity contribution is 5.73. The molecule has 0 aliphatic heterocycles. The Morgan fingerprint density at radius 2 is 1.72 bits per heavy atom. The molecule has 4 aromatic rings. The second kappa shape index (κ2) is 8.39. The molecule has 0 atom stereocenters. The van der Waals surface area contributed by atoms with Gasteiger partial charge in [0, 0.05) is 17.7 Å². The van der Waals surface area contributed by atoms with E-state index in [9.17, 15) is 5.11 Å². The minimum atomic E-state index is 0.0651. The van der Waals surface area contributed by atoms with Crippen molar-refractivity contribution in [2.45, 2.75) is 6.61 Å². The van der Waals surface area contributed by atoms with Crippen molar-refractivity contribution >= 4 is 0 Å². The SMILES string of the molecule is COc1cccc(Oc2cn[nH]c2-c2ccc(OCc3ccccc3)cc2O)c1. The van der Waals surface area contributed by atoms with Crippen molar-refractivity contribution in [1.82, 2.24) is 10.2 Å².